The lowest BCUT2D eigenvalue weighted by molar-refractivity contribution is 0.00715. The van der Waals surface area contributed by atoms with E-state index in [-0.39, 0.29) is 11.5 Å². The van der Waals surface area contributed by atoms with E-state index in [0.717, 1.165) is 62.8 Å². The Labute approximate surface area is 150 Å². The van der Waals surface area contributed by atoms with Crippen molar-refractivity contribution in [2.45, 2.75) is 78.0 Å². The molecule has 0 bridgehead atoms. The predicted molar refractivity (Wildman–Crippen MR) is 98.6 cm³/mol. The van der Waals surface area contributed by atoms with Gasteiger partial charge in [0.2, 0.25) is 0 Å². The number of guanidine groups is 1. The third-order valence-corrected chi connectivity index (χ3v) is 5.53. The number of aliphatic hydroxyl groups is 1. The van der Waals surface area contributed by atoms with Crippen molar-refractivity contribution in [2.75, 3.05) is 13.1 Å². The number of aromatic nitrogens is 3. The highest BCUT2D eigenvalue weighted by Gasteiger charge is 2.35. The molecule has 1 saturated carbocycles. The molecule has 2 aliphatic rings. The van der Waals surface area contributed by atoms with Gasteiger partial charge >= 0.3 is 0 Å². The highest BCUT2D eigenvalue weighted by molar-refractivity contribution is 5.80. The van der Waals surface area contributed by atoms with Crippen LogP contribution in [-0.4, -0.2) is 51.1 Å². The number of nitrogens with one attached hydrogen (secondary N) is 2. The van der Waals surface area contributed by atoms with E-state index < -0.39 is 0 Å². The number of aliphatic imine (C=N–C) groups is 1. The quantitative estimate of drug-likeness (QED) is 0.565. The van der Waals surface area contributed by atoms with Crippen LogP contribution in [0, 0.1) is 12.3 Å². The van der Waals surface area contributed by atoms with E-state index in [4.69, 9.17) is 4.99 Å². The van der Waals surface area contributed by atoms with Gasteiger partial charge in [0, 0.05) is 24.4 Å². The zero-order valence-electron chi connectivity index (χ0n) is 15.8. The fourth-order valence-electron chi connectivity index (χ4n) is 3.89. The smallest absolute Gasteiger partial charge is 0.191 e. The van der Waals surface area contributed by atoms with E-state index >= 15 is 0 Å². The largest absolute Gasteiger partial charge is 0.392 e. The summed E-state index contributed by atoms with van der Waals surface area (Å²) in [5.74, 6) is 2.76. The Morgan fingerprint density at radius 2 is 2.24 bits per heavy atom. The Morgan fingerprint density at radius 1 is 1.40 bits per heavy atom. The molecule has 3 unspecified atom stereocenters. The maximum absolute atomic E-state index is 10.4. The maximum atomic E-state index is 10.4. The molecule has 7 nitrogen and oxygen atoms in total. The average molecular weight is 348 g/mol. The van der Waals surface area contributed by atoms with Crippen molar-refractivity contribution in [3.63, 3.8) is 0 Å². The zero-order valence-corrected chi connectivity index (χ0v) is 15.8. The molecule has 1 aliphatic heterocycles. The van der Waals surface area contributed by atoms with Crippen LogP contribution in [0.2, 0.25) is 0 Å². The van der Waals surface area contributed by atoms with Crippen LogP contribution in [0.1, 0.15) is 57.6 Å². The standard InChI is InChI=1S/C18H32N6O/c1-4-19-17(20-12-18(3)10-6-5-7-15(18)25)22-14-8-9-16-21-13(2)23-24(16)11-14/h14-15,25H,4-12H2,1-3H3,(H2,19,20,22). The van der Waals surface area contributed by atoms with E-state index in [9.17, 15) is 5.11 Å². The monoisotopic (exact) mass is 348 g/mol. The van der Waals surface area contributed by atoms with Gasteiger partial charge < -0.3 is 15.7 Å². The van der Waals surface area contributed by atoms with Crippen LogP contribution in [0.5, 0.6) is 0 Å². The van der Waals surface area contributed by atoms with Gasteiger partial charge in [-0.15, -0.1) is 0 Å². The number of nitrogens with zero attached hydrogens (tertiary/aromatic N) is 4. The predicted octanol–water partition coefficient (Wildman–Crippen LogP) is 1.40. The van der Waals surface area contributed by atoms with Crippen molar-refractivity contribution in [3.05, 3.63) is 11.6 Å². The summed E-state index contributed by atoms with van der Waals surface area (Å²) < 4.78 is 2.01. The van der Waals surface area contributed by atoms with Crippen LogP contribution in [0.4, 0.5) is 0 Å². The molecule has 0 radical (unpaired) electrons. The molecule has 2 heterocycles. The number of hydrogen-bond acceptors (Lipinski definition) is 4. The van der Waals surface area contributed by atoms with Crippen LogP contribution in [0.25, 0.3) is 0 Å². The second-order valence-corrected chi connectivity index (χ2v) is 7.75. The first-order chi connectivity index (χ1) is 12.0. The highest BCUT2D eigenvalue weighted by atomic mass is 16.3. The van der Waals surface area contributed by atoms with Gasteiger partial charge in [-0.25, -0.2) is 9.67 Å². The molecular formula is C18H32N6O. The molecular weight excluding hydrogens is 316 g/mol. The molecule has 0 aromatic carbocycles. The first-order valence-corrected chi connectivity index (χ1v) is 9.63. The lowest BCUT2D eigenvalue weighted by Crippen LogP contribution is -2.48. The number of hydrogen-bond donors (Lipinski definition) is 3. The Kier molecular flexibility index (Phi) is 5.61. The second-order valence-electron chi connectivity index (χ2n) is 7.75. The molecule has 0 saturated heterocycles. The lowest BCUT2D eigenvalue weighted by atomic mass is 9.73. The molecule has 3 N–H and O–H groups in total. The summed E-state index contributed by atoms with van der Waals surface area (Å²) in [6.07, 6.45) is 5.97. The van der Waals surface area contributed by atoms with Crippen LogP contribution in [0.15, 0.2) is 4.99 Å². The van der Waals surface area contributed by atoms with Gasteiger partial charge in [-0.1, -0.05) is 19.8 Å². The third-order valence-electron chi connectivity index (χ3n) is 5.53. The van der Waals surface area contributed by atoms with Crippen molar-refractivity contribution < 1.29 is 5.11 Å². The van der Waals surface area contributed by atoms with Crippen molar-refractivity contribution in [2.24, 2.45) is 10.4 Å². The molecule has 3 atom stereocenters. The molecule has 25 heavy (non-hydrogen) atoms. The Bertz CT molecular complexity index is 613. The molecule has 1 fully saturated rings. The van der Waals surface area contributed by atoms with Crippen molar-refractivity contribution in [1.82, 2.24) is 25.4 Å². The number of rotatable bonds is 4. The Balaban J connectivity index is 1.63. The van der Waals surface area contributed by atoms with E-state index in [1.807, 2.05) is 11.6 Å². The molecule has 0 amide bonds. The minimum absolute atomic E-state index is 0.108. The average Bonchev–Trinajstić information content (AvgIpc) is 2.95. The minimum atomic E-state index is -0.247. The lowest BCUT2D eigenvalue weighted by Gasteiger charge is -2.37. The summed E-state index contributed by atoms with van der Waals surface area (Å²) in [7, 11) is 0. The first kappa shape index (κ1) is 18.2. The SMILES string of the molecule is CCNC(=NCC1(C)CCCCC1O)NC1CCc2nc(C)nn2C1. The molecule has 1 aromatic heterocycles. The van der Waals surface area contributed by atoms with Crippen LogP contribution in [-0.2, 0) is 13.0 Å². The molecule has 1 aromatic rings. The molecule has 7 heteroatoms. The van der Waals surface area contributed by atoms with Gasteiger partial charge in [-0.2, -0.15) is 5.10 Å². The minimum Gasteiger partial charge on any atom is -0.392 e. The summed E-state index contributed by atoms with van der Waals surface area (Å²) in [6, 6.07) is 0.301. The molecule has 140 valence electrons. The number of aliphatic hydroxyl groups excluding tert-OH is 1. The zero-order chi connectivity index (χ0) is 17.9. The van der Waals surface area contributed by atoms with Gasteiger partial charge in [-0.3, -0.25) is 4.99 Å². The fraction of sp³-hybridized carbons (Fsp3) is 0.833. The van der Waals surface area contributed by atoms with Gasteiger partial charge in [0.05, 0.1) is 19.2 Å². The second kappa shape index (κ2) is 7.72. The van der Waals surface area contributed by atoms with Crippen LogP contribution in [0.3, 0.4) is 0 Å². The van der Waals surface area contributed by atoms with Crippen molar-refractivity contribution in [3.8, 4) is 0 Å². The third kappa shape index (κ3) is 4.32. The summed E-state index contributed by atoms with van der Waals surface area (Å²) in [6.45, 7) is 8.48. The highest BCUT2D eigenvalue weighted by Crippen LogP contribution is 2.36. The summed E-state index contributed by atoms with van der Waals surface area (Å²) >= 11 is 0. The van der Waals surface area contributed by atoms with Gasteiger partial charge in [-0.05, 0) is 33.1 Å². The Morgan fingerprint density at radius 3 is 3.00 bits per heavy atom. The normalized spacial score (nSPS) is 30.0. The van der Waals surface area contributed by atoms with Crippen molar-refractivity contribution >= 4 is 5.96 Å². The van der Waals surface area contributed by atoms with E-state index in [1.165, 1.54) is 6.42 Å². The number of fused-ring (bicyclic) bond motifs is 1. The van der Waals surface area contributed by atoms with E-state index in [2.05, 4.69) is 34.6 Å². The fourth-order valence-corrected chi connectivity index (χ4v) is 3.89. The van der Waals surface area contributed by atoms with Crippen LogP contribution < -0.4 is 10.6 Å². The molecule has 0 spiro atoms. The molecule has 1 aliphatic carbocycles. The topological polar surface area (TPSA) is 87.4 Å². The van der Waals surface area contributed by atoms with E-state index in [1.54, 1.807) is 0 Å². The summed E-state index contributed by atoms with van der Waals surface area (Å²) in [5.41, 5.74) is -0.108. The number of aryl methyl sites for hydroxylation is 2. The first-order valence-electron chi connectivity index (χ1n) is 9.63. The van der Waals surface area contributed by atoms with Gasteiger partial charge in [0.1, 0.15) is 11.6 Å². The molecule has 3 rings (SSSR count). The van der Waals surface area contributed by atoms with Gasteiger partial charge in [0.15, 0.2) is 5.96 Å². The van der Waals surface area contributed by atoms with Crippen LogP contribution >= 0.6 is 0 Å². The summed E-state index contributed by atoms with van der Waals surface area (Å²) in [4.78, 5) is 9.27. The Hall–Kier alpha value is -1.63. The van der Waals surface area contributed by atoms with E-state index in [0.29, 0.717) is 12.6 Å². The summed E-state index contributed by atoms with van der Waals surface area (Å²) in [5, 5.41) is 21.7. The van der Waals surface area contributed by atoms with Gasteiger partial charge in [0.25, 0.3) is 0 Å². The van der Waals surface area contributed by atoms with Crippen molar-refractivity contribution in [1.29, 1.82) is 0 Å². The maximum Gasteiger partial charge on any atom is 0.191 e.